The van der Waals surface area contributed by atoms with Gasteiger partial charge in [0, 0.05) is 10.5 Å². The molecule has 0 aliphatic heterocycles. The number of carbonyl (C=O) groups excluding carboxylic acids is 1. The number of rotatable bonds is 3. The monoisotopic (exact) mass is 321 g/mol. The molecule has 1 aromatic rings. The molecule has 0 aliphatic carbocycles. The van der Waals surface area contributed by atoms with E-state index in [4.69, 9.17) is 4.74 Å². The first kappa shape index (κ1) is 14.9. The lowest BCUT2D eigenvalue weighted by Gasteiger charge is -2.20. The van der Waals surface area contributed by atoms with Gasteiger partial charge in [0.25, 0.3) is 0 Å². The number of halogens is 3. The molecule has 0 radical (unpaired) electrons. The summed E-state index contributed by atoms with van der Waals surface area (Å²) < 4.78 is 31.5. The van der Waals surface area contributed by atoms with Crippen LogP contribution in [-0.4, -0.2) is 18.1 Å². The zero-order chi connectivity index (χ0) is 13.9. The van der Waals surface area contributed by atoms with E-state index >= 15 is 0 Å². The maximum atomic E-state index is 13.4. The van der Waals surface area contributed by atoms with E-state index in [-0.39, 0.29) is 16.7 Å². The number of ether oxygens (including phenoxy) is 1. The Labute approximate surface area is 113 Å². The highest BCUT2D eigenvalue weighted by molar-refractivity contribution is 9.10. The van der Waals surface area contributed by atoms with Crippen LogP contribution in [0.25, 0.3) is 0 Å². The first-order valence-corrected chi connectivity index (χ1v) is 6.08. The van der Waals surface area contributed by atoms with Crippen molar-refractivity contribution in [3.05, 3.63) is 28.2 Å². The van der Waals surface area contributed by atoms with Gasteiger partial charge in [-0.1, -0.05) is 0 Å². The van der Waals surface area contributed by atoms with Crippen LogP contribution in [0.15, 0.2) is 16.6 Å². The quantitative estimate of drug-likeness (QED) is 0.866. The highest BCUT2D eigenvalue weighted by atomic mass is 79.9. The number of benzene rings is 1. The van der Waals surface area contributed by atoms with Crippen LogP contribution in [0.2, 0.25) is 0 Å². The normalized spacial score (nSPS) is 11.2. The van der Waals surface area contributed by atoms with E-state index in [0.29, 0.717) is 0 Å². The van der Waals surface area contributed by atoms with Crippen LogP contribution in [-0.2, 0) is 9.53 Å². The maximum absolute atomic E-state index is 13.4. The van der Waals surface area contributed by atoms with Crippen LogP contribution in [0.1, 0.15) is 20.8 Å². The molecule has 0 heterocycles. The Kier molecular flexibility index (Phi) is 4.67. The highest BCUT2D eigenvalue weighted by Crippen LogP contribution is 2.26. The first-order chi connectivity index (χ1) is 8.19. The van der Waals surface area contributed by atoms with Gasteiger partial charge in [0.05, 0.1) is 5.69 Å². The molecule has 0 saturated heterocycles. The predicted molar refractivity (Wildman–Crippen MR) is 68.4 cm³/mol. The molecule has 0 bridgehead atoms. The topological polar surface area (TPSA) is 38.3 Å². The minimum absolute atomic E-state index is 0.0299. The van der Waals surface area contributed by atoms with E-state index in [9.17, 15) is 13.6 Å². The molecule has 0 amide bonds. The standard InChI is InChI=1S/C12H14BrF2NO2/c1-12(2,3)18-10(17)6-16-11-8(13)4-7(14)5-9(11)15/h4-5,16H,6H2,1-3H3. The number of hydrogen-bond donors (Lipinski definition) is 1. The zero-order valence-electron chi connectivity index (χ0n) is 10.3. The molecule has 0 atom stereocenters. The molecule has 3 nitrogen and oxygen atoms in total. The van der Waals surface area contributed by atoms with Crippen molar-refractivity contribution in [1.82, 2.24) is 0 Å². The summed E-state index contributed by atoms with van der Waals surface area (Å²) in [7, 11) is 0. The lowest BCUT2D eigenvalue weighted by atomic mass is 10.2. The van der Waals surface area contributed by atoms with Crippen molar-refractivity contribution in [3.8, 4) is 0 Å². The van der Waals surface area contributed by atoms with E-state index in [1.165, 1.54) is 0 Å². The summed E-state index contributed by atoms with van der Waals surface area (Å²) in [6.45, 7) is 5.01. The fourth-order valence-electron chi connectivity index (χ4n) is 1.25. The van der Waals surface area contributed by atoms with Gasteiger partial charge < -0.3 is 10.1 Å². The second-order valence-corrected chi connectivity index (χ2v) is 5.54. The van der Waals surface area contributed by atoms with Crippen LogP contribution in [0.5, 0.6) is 0 Å². The van der Waals surface area contributed by atoms with Crippen molar-refractivity contribution in [2.45, 2.75) is 26.4 Å². The molecular weight excluding hydrogens is 308 g/mol. The third-order valence-corrected chi connectivity index (χ3v) is 2.46. The van der Waals surface area contributed by atoms with Crippen LogP contribution in [0, 0.1) is 11.6 Å². The Hall–Kier alpha value is -1.17. The van der Waals surface area contributed by atoms with Gasteiger partial charge in [0.2, 0.25) is 0 Å². The molecule has 1 aromatic carbocycles. The van der Waals surface area contributed by atoms with E-state index in [0.717, 1.165) is 12.1 Å². The van der Waals surface area contributed by atoms with Crippen molar-refractivity contribution in [3.63, 3.8) is 0 Å². The summed E-state index contributed by atoms with van der Waals surface area (Å²) >= 11 is 3.01. The van der Waals surface area contributed by atoms with Gasteiger partial charge in [-0.25, -0.2) is 8.78 Å². The van der Waals surface area contributed by atoms with Gasteiger partial charge in [0.15, 0.2) is 0 Å². The Balaban J connectivity index is 2.67. The van der Waals surface area contributed by atoms with E-state index in [2.05, 4.69) is 21.2 Å². The number of carbonyl (C=O) groups is 1. The van der Waals surface area contributed by atoms with E-state index in [1.807, 2.05) is 0 Å². The smallest absolute Gasteiger partial charge is 0.325 e. The molecular formula is C12H14BrF2NO2. The Morgan fingerprint density at radius 3 is 2.50 bits per heavy atom. The average Bonchev–Trinajstić information content (AvgIpc) is 2.12. The summed E-state index contributed by atoms with van der Waals surface area (Å²) in [5, 5.41) is 2.57. The van der Waals surface area contributed by atoms with Crippen molar-refractivity contribution < 1.29 is 18.3 Å². The van der Waals surface area contributed by atoms with Gasteiger partial charge in [-0.2, -0.15) is 0 Å². The summed E-state index contributed by atoms with van der Waals surface area (Å²) in [6.07, 6.45) is 0. The van der Waals surface area contributed by atoms with Gasteiger partial charge >= 0.3 is 5.97 Å². The highest BCUT2D eigenvalue weighted by Gasteiger charge is 2.17. The third-order valence-electron chi connectivity index (χ3n) is 1.84. The van der Waals surface area contributed by atoms with Crippen molar-refractivity contribution in [1.29, 1.82) is 0 Å². The van der Waals surface area contributed by atoms with Crippen molar-refractivity contribution in [2.75, 3.05) is 11.9 Å². The Morgan fingerprint density at radius 2 is 2.00 bits per heavy atom. The lowest BCUT2D eigenvalue weighted by Crippen LogP contribution is -2.28. The van der Waals surface area contributed by atoms with Crippen LogP contribution < -0.4 is 5.32 Å². The molecule has 0 unspecified atom stereocenters. The maximum Gasteiger partial charge on any atom is 0.325 e. The van der Waals surface area contributed by atoms with Crippen LogP contribution >= 0.6 is 15.9 Å². The second-order valence-electron chi connectivity index (χ2n) is 4.68. The van der Waals surface area contributed by atoms with Gasteiger partial charge in [0.1, 0.15) is 23.8 Å². The summed E-state index contributed by atoms with van der Waals surface area (Å²) in [5.74, 6) is -1.98. The zero-order valence-corrected chi connectivity index (χ0v) is 11.9. The molecule has 0 fully saturated rings. The number of nitrogens with one attached hydrogen (secondary N) is 1. The molecule has 1 N–H and O–H groups in total. The minimum atomic E-state index is -0.773. The van der Waals surface area contributed by atoms with Gasteiger partial charge in [-0.05, 0) is 42.8 Å². The molecule has 0 aliphatic rings. The molecule has 6 heteroatoms. The second kappa shape index (κ2) is 5.65. The Morgan fingerprint density at radius 1 is 1.39 bits per heavy atom. The summed E-state index contributed by atoms with van der Waals surface area (Å²) in [5.41, 5.74) is -0.570. The third kappa shape index (κ3) is 4.60. The Bertz CT molecular complexity index is 435. The molecule has 0 saturated carbocycles. The lowest BCUT2D eigenvalue weighted by molar-refractivity contribution is -0.152. The van der Waals surface area contributed by atoms with E-state index in [1.54, 1.807) is 20.8 Å². The molecule has 1 rings (SSSR count). The predicted octanol–water partition coefficient (Wildman–Crippen LogP) is 3.48. The van der Waals surface area contributed by atoms with Crippen LogP contribution in [0.4, 0.5) is 14.5 Å². The molecule has 100 valence electrons. The summed E-state index contributed by atoms with van der Waals surface area (Å²) in [6, 6.07) is 1.85. The number of anilines is 1. The van der Waals surface area contributed by atoms with E-state index < -0.39 is 23.2 Å². The average molecular weight is 322 g/mol. The fourth-order valence-corrected chi connectivity index (χ4v) is 1.80. The van der Waals surface area contributed by atoms with Crippen molar-refractivity contribution in [2.24, 2.45) is 0 Å². The number of hydrogen-bond acceptors (Lipinski definition) is 3. The largest absolute Gasteiger partial charge is 0.459 e. The fraction of sp³-hybridized carbons (Fsp3) is 0.417. The molecule has 18 heavy (non-hydrogen) atoms. The summed E-state index contributed by atoms with van der Waals surface area (Å²) in [4.78, 5) is 11.4. The van der Waals surface area contributed by atoms with Crippen LogP contribution in [0.3, 0.4) is 0 Å². The van der Waals surface area contributed by atoms with Crippen molar-refractivity contribution >= 4 is 27.6 Å². The SMILES string of the molecule is CC(C)(C)OC(=O)CNc1c(F)cc(F)cc1Br. The molecule has 0 spiro atoms. The molecule has 0 aromatic heterocycles. The minimum Gasteiger partial charge on any atom is -0.459 e. The van der Waals surface area contributed by atoms with Gasteiger partial charge in [-0.3, -0.25) is 4.79 Å². The first-order valence-electron chi connectivity index (χ1n) is 5.29. The number of esters is 1. The van der Waals surface area contributed by atoms with Gasteiger partial charge in [-0.15, -0.1) is 0 Å².